The van der Waals surface area contributed by atoms with Gasteiger partial charge in [0.05, 0.1) is 0 Å². The largest absolute Gasteiger partial charge is 0.465 e. The van der Waals surface area contributed by atoms with Gasteiger partial charge in [-0.3, -0.25) is 4.79 Å². The molecule has 4 heteroatoms. The number of Topliss-reactive ketones (excluding diaryl/α,β-unsaturated/α-hetero) is 1. The fourth-order valence-electron chi connectivity index (χ4n) is 3.57. The summed E-state index contributed by atoms with van der Waals surface area (Å²) in [6.07, 6.45) is 3.04. The van der Waals surface area contributed by atoms with Gasteiger partial charge in [0.1, 0.15) is 5.78 Å². The Kier molecular flexibility index (Phi) is 3.39. The van der Waals surface area contributed by atoms with Crippen molar-refractivity contribution in [2.45, 2.75) is 65.0 Å². The predicted molar refractivity (Wildman–Crippen MR) is 68.5 cm³/mol. The number of carbonyl (C=O) groups excluding carboxylic acids is 1. The number of hydrogen-bond acceptors (Lipinski definition) is 2. The van der Waals surface area contributed by atoms with Crippen molar-refractivity contribution >= 4 is 11.9 Å². The number of rotatable bonds is 0. The van der Waals surface area contributed by atoms with Gasteiger partial charge in [0, 0.05) is 24.9 Å². The monoisotopic (exact) mass is 253 g/mol. The van der Waals surface area contributed by atoms with Crippen LogP contribution in [0.25, 0.3) is 0 Å². The molecule has 1 aliphatic heterocycles. The molecule has 0 aromatic carbocycles. The van der Waals surface area contributed by atoms with E-state index in [0.717, 1.165) is 19.3 Å². The minimum absolute atomic E-state index is 0.0298. The lowest BCUT2D eigenvalue weighted by atomic mass is 9.71. The highest BCUT2D eigenvalue weighted by Crippen LogP contribution is 2.41. The van der Waals surface area contributed by atoms with Gasteiger partial charge < -0.3 is 10.0 Å². The molecule has 4 nitrogen and oxygen atoms in total. The van der Waals surface area contributed by atoms with E-state index in [-0.39, 0.29) is 23.3 Å². The lowest BCUT2D eigenvalue weighted by molar-refractivity contribution is -0.125. The van der Waals surface area contributed by atoms with Crippen molar-refractivity contribution in [3.8, 4) is 0 Å². The minimum atomic E-state index is -0.862. The number of carboxylic acid groups (broad SMARTS) is 1. The summed E-state index contributed by atoms with van der Waals surface area (Å²) in [5.41, 5.74) is -0.0656. The van der Waals surface area contributed by atoms with Crippen LogP contribution in [0.4, 0.5) is 4.79 Å². The lowest BCUT2D eigenvalue weighted by Crippen LogP contribution is -2.59. The van der Waals surface area contributed by atoms with E-state index in [0.29, 0.717) is 18.8 Å². The molecule has 0 aromatic heterocycles. The van der Waals surface area contributed by atoms with Crippen molar-refractivity contribution in [3.05, 3.63) is 0 Å². The molecule has 18 heavy (non-hydrogen) atoms. The van der Waals surface area contributed by atoms with Gasteiger partial charge in [-0.25, -0.2) is 4.79 Å². The van der Waals surface area contributed by atoms with E-state index in [1.54, 1.807) is 4.90 Å². The van der Waals surface area contributed by atoms with Gasteiger partial charge in [-0.15, -0.1) is 0 Å². The molecule has 1 N–H and O–H groups in total. The summed E-state index contributed by atoms with van der Waals surface area (Å²) in [7, 11) is 0. The second-order valence-electron chi connectivity index (χ2n) is 6.76. The number of piperidine rings is 1. The molecule has 1 saturated heterocycles. The number of carbonyl (C=O) groups is 2. The highest BCUT2D eigenvalue weighted by Gasteiger charge is 2.46. The highest BCUT2D eigenvalue weighted by atomic mass is 16.4. The fraction of sp³-hybridized carbons (Fsp3) is 0.857. The average Bonchev–Trinajstić information content (AvgIpc) is 2.25. The zero-order chi connectivity index (χ0) is 13.5. The molecule has 0 spiro atoms. The van der Waals surface area contributed by atoms with E-state index in [1.807, 2.05) is 0 Å². The number of hydrogen-bond donors (Lipinski definition) is 1. The van der Waals surface area contributed by atoms with Crippen molar-refractivity contribution < 1.29 is 14.7 Å². The van der Waals surface area contributed by atoms with Crippen LogP contribution in [-0.2, 0) is 4.79 Å². The first kappa shape index (κ1) is 13.4. The van der Waals surface area contributed by atoms with Crippen LogP contribution in [-0.4, -0.2) is 34.0 Å². The summed E-state index contributed by atoms with van der Waals surface area (Å²) < 4.78 is 0. The fourth-order valence-corrected chi connectivity index (χ4v) is 3.57. The minimum Gasteiger partial charge on any atom is -0.465 e. The topological polar surface area (TPSA) is 57.6 Å². The standard InChI is InChI=1S/C14H23NO3/c1-14(2,3)12-7-5-9-4-6-10(16)8-11(9)15(12)13(17)18/h9,11-12H,4-8H2,1-3H3,(H,17,18). The lowest BCUT2D eigenvalue weighted by Gasteiger charge is -2.50. The Morgan fingerprint density at radius 2 is 1.94 bits per heavy atom. The SMILES string of the molecule is CC(C)(C)C1CCC2CCC(=O)CC2N1C(=O)O. The van der Waals surface area contributed by atoms with Crippen molar-refractivity contribution in [1.82, 2.24) is 4.90 Å². The number of likely N-dealkylation sites (tertiary alicyclic amines) is 1. The van der Waals surface area contributed by atoms with Gasteiger partial charge >= 0.3 is 6.09 Å². The van der Waals surface area contributed by atoms with E-state index in [4.69, 9.17) is 0 Å². The van der Waals surface area contributed by atoms with Gasteiger partial charge in [0.15, 0.2) is 0 Å². The molecule has 2 aliphatic rings. The zero-order valence-electron chi connectivity index (χ0n) is 11.5. The molecule has 3 unspecified atom stereocenters. The van der Waals surface area contributed by atoms with E-state index < -0.39 is 6.09 Å². The smallest absolute Gasteiger partial charge is 0.407 e. The third kappa shape index (κ3) is 2.38. The van der Waals surface area contributed by atoms with Crippen LogP contribution >= 0.6 is 0 Å². The summed E-state index contributed by atoms with van der Waals surface area (Å²) in [4.78, 5) is 24.8. The molecule has 3 atom stereocenters. The maximum absolute atomic E-state index is 11.6. The van der Waals surface area contributed by atoms with Gasteiger partial charge in [0.25, 0.3) is 0 Å². The van der Waals surface area contributed by atoms with Crippen molar-refractivity contribution in [1.29, 1.82) is 0 Å². The first-order chi connectivity index (χ1) is 8.30. The Morgan fingerprint density at radius 3 is 2.50 bits per heavy atom. The van der Waals surface area contributed by atoms with Gasteiger partial charge in [-0.1, -0.05) is 20.8 Å². The molecule has 0 radical (unpaired) electrons. The summed E-state index contributed by atoms with van der Waals surface area (Å²) in [6, 6.07) is -0.0520. The number of ketones is 1. The molecule has 2 rings (SSSR count). The molecule has 102 valence electrons. The van der Waals surface area contributed by atoms with E-state index in [9.17, 15) is 14.7 Å². The van der Waals surface area contributed by atoms with Crippen LogP contribution < -0.4 is 0 Å². The Morgan fingerprint density at radius 1 is 1.28 bits per heavy atom. The van der Waals surface area contributed by atoms with Crippen LogP contribution in [0.1, 0.15) is 52.9 Å². The van der Waals surface area contributed by atoms with Crippen molar-refractivity contribution in [3.63, 3.8) is 0 Å². The number of nitrogens with zero attached hydrogens (tertiary/aromatic N) is 1. The Labute approximate surface area is 108 Å². The first-order valence-corrected chi connectivity index (χ1v) is 6.83. The third-order valence-corrected chi connectivity index (χ3v) is 4.50. The van der Waals surface area contributed by atoms with Crippen LogP contribution in [0.3, 0.4) is 0 Å². The van der Waals surface area contributed by atoms with Crippen LogP contribution in [0, 0.1) is 11.3 Å². The van der Waals surface area contributed by atoms with Crippen LogP contribution in [0.2, 0.25) is 0 Å². The first-order valence-electron chi connectivity index (χ1n) is 6.83. The Hall–Kier alpha value is -1.06. The maximum Gasteiger partial charge on any atom is 0.407 e. The summed E-state index contributed by atoms with van der Waals surface area (Å²) in [6.45, 7) is 6.25. The van der Waals surface area contributed by atoms with Crippen molar-refractivity contribution in [2.24, 2.45) is 11.3 Å². The molecular weight excluding hydrogens is 230 g/mol. The van der Waals surface area contributed by atoms with E-state index >= 15 is 0 Å². The molecule has 1 amide bonds. The molecule has 1 aliphatic carbocycles. The second kappa shape index (κ2) is 4.56. The molecule has 0 bridgehead atoms. The Balaban J connectivity index is 2.27. The van der Waals surface area contributed by atoms with Crippen LogP contribution in [0.15, 0.2) is 0 Å². The van der Waals surface area contributed by atoms with Gasteiger partial charge in [0.2, 0.25) is 0 Å². The number of fused-ring (bicyclic) bond motifs is 1. The average molecular weight is 253 g/mol. The third-order valence-electron chi connectivity index (χ3n) is 4.50. The molecule has 2 fully saturated rings. The maximum atomic E-state index is 11.6. The molecule has 0 aromatic rings. The van der Waals surface area contributed by atoms with E-state index in [1.165, 1.54) is 0 Å². The highest BCUT2D eigenvalue weighted by molar-refractivity contribution is 5.81. The van der Waals surface area contributed by atoms with Gasteiger partial charge in [-0.2, -0.15) is 0 Å². The zero-order valence-corrected chi connectivity index (χ0v) is 11.5. The van der Waals surface area contributed by atoms with Crippen LogP contribution in [0.5, 0.6) is 0 Å². The van der Waals surface area contributed by atoms with Gasteiger partial charge in [-0.05, 0) is 30.6 Å². The van der Waals surface area contributed by atoms with Crippen molar-refractivity contribution in [2.75, 3.05) is 0 Å². The quantitative estimate of drug-likeness (QED) is 0.722. The van der Waals surface area contributed by atoms with E-state index in [2.05, 4.69) is 20.8 Å². The molecular formula is C14H23NO3. The summed E-state index contributed by atoms with van der Waals surface area (Å²) in [5.74, 6) is 0.606. The Bertz CT molecular complexity index is 359. The summed E-state index contributed by atoms with van der Waals surface area (Å²) in [5, 5.41) is 9.51. The number of amides is 1. The normalized spacial score (nSPS) is 33.2. The summed E-state index contributed by atoms with van der Waals surface area (Å²) >= 11 is 0. The predicted octanol–water partition coefficient (Wildman–Crippen LogP) is 2.91. The molecule has 1 saturated carbocycles. The molecule has 1 heterocycles. The second-order valence-corrected chi connectivity index (χ2v) is 6.76.